The standard InChI is InChI=1S/C10H10ClN3O2/c11-7-5-9(14(15)16)10(12-6-7)13-8-3-1-2-4-8/h1-2,5-6,8H,3-4H2,(H,12,13). The summed E-state index contributed by atoms with van der Waals surface area (Å²) in [6, 6.07) is 1.49. The topological polar surface area (TPSA) is 68.1 Å². The van der Waals surface area contributed by atoms with E-state index in [-0.39, 0.29) is 22.6 Å². The van der Waals surface area contributed by atoms with Crippen molar-refractivity contribution in [1.82, 2.24) is 4.98 Å². The van der Waals surface area contributed by atoms with Crippen molar-refractivity contribution < 1.29 is 4.92 Å². The lowest BCUT2D eigenvalue weighted by Gasteiger charge is -2.12. The molecule has 1 aliphatic carbocycles. The first-order valence-corrected chi connectivity index (χ1v) is 5.26. The lowest BCUT2D eigenvalue weighted by molar-refractivity contribution is -0.384. The normalized spacial score (nSPS) is 15.3. The summed E-state index contributed by atoms with van der Waals surface area (Å²) in [6.45, 7) is 0. The van der Waals surface area contributed by atoms with Crippen LogP contribution in [0, 0.1) is 10.1 Å². The SMILES string of the molecule is O=[N+]([O-])c1cc(Cl)cnc1NC1CC=CC1. The Bertz CT molecular complexity index is 440. The molecule has 0 radical (unpaired) electrons. The van der Waals surface area contributed by atoms with E-state index in [4.69, 9.17) is 11.6 Å². The number of aromatic nitrogens is 1. The van der Waals surface area contributed by atoms with Gasteiger partial charge in [0.1, 0.15) is 0 Å². The Balaban J connectivity index is 2.22. The summed E-state index contributed by atoms with van der Waals surface area (Å²) < 4.78 is 0. The predicted octanol–water partition coefficient (Wildman–Crippen LogP) is 2.77. The monoisotopic (exact) mass is 239 g/mol. The molecule has 0 aromatic carbocycles. The van der Waals surface area contributed by atoms with Crippen LogP contribution < -0.4 is 5.32 Å². The highest BCUT2D eigenvalue weighted by atomic mass is 35.5. The van der Waals surface area contributed by atoms with Crippen LogP contribution >= 0.6 is 11.6 Å². The average Bonchev–Trinajstić information content (AvgIpc) is 2.73. The minimum Gasteiger partial charge on any atom is -0.361 e. The van der Waals surface area contributed by atoms with E-state index in [1.807, 2.05) is 12.2 Å². The molecule has 0 unspecified atom stereocenters. The molecule has 0 spiro atoms. The molecular formula is C10H10ClN3O2. The Labute approximate surface area is 97.3 Å². The quantitative estimate of drug-likeness (QED) is 0.500. The van der Waals surface area contributed by atoms with Crippen LogP contribution in [0.25, 0.3) is 0 Å². The first kappa shape index (κ1) is 10.9. The number of nitrogens with one attached hydrogen (secondary N) is 1. The van der Waals surface area contributed by atoms with Crippen molar-refractivity contribution in [3.8, 4) is 0 Å². The number of halogens is 1. The lowest BCUT2D eigenvalue weighted by Crippen LogP contribution is -2.17. The predicted molar refractivity (Wildman–Crippen MR) is 61.7 cm³/mol. The van der Waals surface area contributed by atoms with Gasteiger partial charge in [0.05, 0.1) is 9.95 Å². The molecule has 0 saturated heterocycles. The molecular weight excluding hydrogens is 230 g/mol. The van der Waals surface area contributed by atoms with Crippen LogP contribution in [0.5, 0.6) is 0 Å². The molecule has 0 aliphatic heterocycles. The average molecular weight is 240 g/mol. The van der Waals surface area contributed by atoms with Gasteiger partial charge in [0, 0.05) is 18.3 Å². The van der Waals surface area contributed by atoms with Crippen LogP contribution in [0.3, 0.4) is 0 Å². The van der Waals surface area contributed by atoms with Crippen molar-refractivity contribution in [3.05, 3.63) is 39.6 Å². The van der Waals surface area contributed by atoms with Crippen LogP contribution in [-0.2, 0) is 0 Å². The number of anilines is 1. The number of nitrogens with zero attached hydrogens (tertiary/aromatic N) is 2. The fourth-order valence-electron chi connectivity index (χ4n) is 1.61. The lowest BCUT2D eigenvalue weighted by atomic mass is 10.2. The summed E-state index contributed by atoms with van der Waals surface area (Å²) in [7, 11) is 0. The molecule has 0 bridgehead atoms. The molecule has 0 saturated carbocycles. The molecule has 1 aromatic rings. The van der Waals surface area contributed by atoms with E-state index in [1.165, 1.54) is 12.3 Å². The van der Waals surface area contributed by atoms with Crippen LogP contribution in [0.1, 0.15) is 12.8 Å². The Morgan fingerprint density at radius 3 is 2.81 bits per heavy atom. The number of hydrogen-bond acceptors (Lipinski definition) is 4. The fourth-order valence-corrected chi connectivity index (χ4v) is 1.76. The van der Waals surface area contributed by atoms with Gasteiger partial charge in [-0.05, 0) is 12.8 Å². The summed E-state index contributed by atoms with van der Waals surface area (Å²) in [6.07, 6.45) is 7.21. The fraction of sp³-hybridized carbons (Fsp3) is 0.300. The van der Waals surface area contributed by atoms with Gasteiger partial charge < -0.3 is 5.32 Å². The van der Waals surface area contributed by atoms with E-state index in [9.17, 15) is 10.1 Å². The third-order valence-electron chi connectivity index (χ3n) is 2.38. The largest absolute Gasteiger partial charge is 0.361 e. The number of pyridine rings is 1. The Kier molecular flexibility index (Phi) is 3.05. The van der Waals surface area contributed by atoms with Crippen LogP contribution in [0.2, 0.25) is 5.02 Å². The van der Waals surface area contributed by atoms with Gasteiger partial charge in [-0.25, -0.2) is 4.98 Å². The molecule has 6 heteroatoms. The van der Waals surface area contributed by atoms with Crippen molar-refractivity contribution in [3.63, 3.8) is 0 Å². The Hall–Kier alpha value is -1.62. The molecule has 1 aliphatic rings. The summed E-state index contributed by atoms with van der Waals surface area (Å²) in [4.78, 5) is 14.3. The van der Waals surface area contributed by atoms with Gasteiger partial charge in [-0.15, -0.1) is 0 Å². The Morgan fingerprint density at radius 1 is 1.50 bits per heavy atom. The maximum Gasteiger partial charge on any atom is 0.312 e. The van der Waals surface area contributed by atoms with Gasteiger partial charge in [0.25, 0.3) is 0 Å². The van der Waals surface area contributed by atoms with Crippen molar-refractivity contribution in [2.75, 3.05) is 5.32 Å². The maximum absolute atomic E-state index is 10.8. The molecule has 0 amide bonds. The van der Waals surface area contributed by atoms with Crippen molar-refractivity contribution in [2.24, 2.45) is 0 Å². The molecule has 1 aromatic heterocycles. The van der Waals surface area contributed by atoms with E-state index in [2.05, 4.69) is 10.3 Å². The molecule has 0 fully saturated rings. The second kappa shape index (κ2) is 4.49. The first-order valence-electron chi connectivity index (χ1n) is 4.88. The van der Waals surface area contributed by atoms with Gasteiger partial charge in [0.2, 0.25) is 5.82 Å². The van der Waals surface area contributed by atoms with Crippen molar-refractivity contribution in [2.45, 2.75) is 18.9 Å². The maximum atomic E-state index is 10.8. The highest BCUT2D eigenvalue weighted by molar-refractivity contribution is 6.30. The van der Waals surface area contributed by atoms with E-state index < -0.39 is 4.92 Å². The van der Waals surface area contributed by atoms with Crippen LogP contribution in [-0.4, -0.2) is 15.9 Å². The van der Waals surface area contributed by atoms with Crippen LogP contribution in [0.4, 0.5) is 11.5 Å². The Morgan fingerprint density at radius 2 is 2.19 bits per heavy atom. The summed E-state index contributed by atoms with van der Waals surface area (Å²) >= 11 is 5.67. The van der Waals surface area contributed by atoms with Gasteiger partial charge >= 0.3 is 5.69 Å². The minimum atomic E-state index is -0.483. The van der Waals surface area contributed by atoms with Gasteiger partial charge in [-0.3, -0.25) is 10.1 Å². The molecule has 5 nitrogen and oxygen atoms in total. The molecule has 16 heavy (non-hydrogen) atoms. The van der Waals surface area contributed by atoms with Crippen molar-refractivity contribution >= 4 is 23.1 Å². The smallest absolute Gasteiger partial charge is 0.312 e. The number of rotatable bonds is 3. The molecule has 84 valence electrons. The zero-order chi connectivity index (χ0) is 11.5. The van der Waals surface area contributed by atoms with E-state index in [0.29, 0.717) is 0 Å². The van der Waals surface area contributed by atoms with Crippen LogP contribution in [0.15, 0.2) is 24.4 Å². The van der Waals surface area contributed by atoms with Gasteiger partial charge in [0.15, 0.2) is 0 Å². The summed E-state index contributed by atoms with van der Waals surface area (Å²) in [5.41, 5.74) is -0.0839. The first-order chi connectivity index (χ1) is 7.66. The molecule has 0 atom stereocenters. The zero-order valence-corrected chi connectivity index (χ0v) is 9.15. The van der Waals surface area contributed by atoms with E-state index in [0.717, 1.165) is 12.8 Å². The van der Waals surface area contributed by atoms with Gasteiger partial charge in [-0.2, -0.15) is 0 Å². The second-order valence-electron chi connectivity index (χ2n) is 3.56. The van der Waals surface area contributed by atoms with Crippen molar-refractivity contribution in [1.29, 1.82) is 0 Å². The third-order valence-corrected chi connectivity index (χ3v) is 2.59. The molecule has 2 rings (SSSR count). The molecule has 1 heterocycles. The summed E-state index contributed by atoms with van der Waals surface area (Å²) in [5.74, 6) is 0.281. The number of hydrogen-bond donors (Lipinski definition) is 1. The van der Waals surface area contributed by atoms with Gasteiger partial charge in [-0.1, -0.05) is 23.8 Å². The third kappa shape index (κ3) is 2.30. The number of nitro groups is 1. The second-order valence-corrected chi connectivity index (χ2v) is 4.00. The highest BCUT2D eigenvalue weighted by Crippen LogP contribution is 2.27. The minimum absolute atomic E-state index is 0.0839. The molecule has 1 N–H and O–H groups in total. The summed E-state index contributed by atoms with van der Waals surface area (Å²) in [5, 5.41) is 14.1. The zero-order valence-electron chi connectivity index (χ0n) is 8.39. The van der Waals surface area contributed by atoms with E-state index >= 15 is 0 Å². The van der Waals surface area contributed by atoms with E-state index in [1.54, 1.807) is 0 Å². The highest BCUT2D eigenvalue weighted by Gasteiger charge is 2.19.